The van der Waals surface area contributed by atoms with E-state index in [1.807, 2.05) is 0 Å². The Hall–Kier alpha value is 1.50. The van der Waals surface area contributed by atoms with Crippen LogP contribution in [0.5, 0.6) is 0 Å². The standard InChI is InChI=1S/C8H17.HI.Mg/c1-3-5-7-8-6-4-2;;/h1,3-8H2,2H3;1H;/q;;+1/p-1. The summed E-state index contributed by atoms with van der Waals surface area (Å²) in [6.45, 7) is 2.28. The molecule has 0 saturated heterocycles. The zero-order chi connectivity index (χ0) is 7.66. The van der Waals surface area contributed by atoms with E-state index >= 15 is 0 Å². The molecule has 0 amide bonds. The van der Waals surface area contributed by atoms with Crippen LogP contribution in [0.15, 0.2) is 0 Å². The van der Waals surface area contributed by atoms with E-state index in [-0.39, 0.29) is 0 Å². The molecule has 0 aliphatic rings. The van der Waals surface area contributed by atoms with Crippen molar-refractivity contribution in [1.82, 2.24) is 0 Å². The first-order valence-corrected chi connectivity index (χ1v) is 10.6. The Bertz CT molecular complexity index is 49.2. The summed E-state index contributed by atoms with van der Waals surface area (Å²) >= 11 is 2.94. The van der Waals surface area contributed by atoms with Crippen LogP contribution in [0.3, 0.4) is 0 Å². The highest BCUT2D eigenvalue weighted by Gasteiger charge is 1.90. The van der Waals surface area contributed by atoms with E-state index in [2.05, 4.69) is 25.8 Å². The van der Waals surface area contributed by atoms with Crippen LogP contribution in [-0.4, -0.2) is 16.5 Å². The molecule has 0 nitrogen and oxygen atoms in total. The SMILES string of the molecule is CCCCCCC[CH2][Mg][I]. The molecule has 0 aliphatic carbocycles. The summed E-state index contributed by atoms with van der Waals surface area (Å²) in [6, 6.07) is 0. The van der Waals surface area contributed by atoms with E-state index in [9.17, 15) is 0 Å². The lowest BCUT2D eigenvalue weighted by molar-refractivity contribution is 0.624. The molecule has 10 heavy (non-hydrogen) atoms. The smallest absolute Gasteiger partial charge is 0.301 e. The minimum Gasteiger partial charge on any atom is -0.301 e. The molecular weight excluding hydrogens is 247 g/mol. The van der Waals surface area contributed by atoms with Gasteiger partial charge in [0.15, 0.2) is 0 Å². The topological polar surface area (TPSA) is 0 Å². The quantitative estimate of drug-likeness (QED) is 0.372. The Morgan fingerprint density at radius 1 is 1.00 bits per heavy atom. The molecule has 0 aliphatic heterocycles. The molecular formula is C8H17IMg. The van der Waals surface area contributed by atoms with E-state index in [0.29, 0.717) is 16.5 Å². The summed E-state index contributed by atoms with van der Waals surface area (Å²) in [5.74, 6) is 0. The zero-order valence-corrected chi connectivity index (χ0v) is 10.6. The second-order valence-electron chi connectivity index (χ2n) is 2.81. The fourth-order valence-electron chi connectivity index (χ4n) is 1.05. The molecule has 0 heterocycles. The fraction of sp³-hybridized carbons (Fsp3) is 1.00. The van der Waals surface area contributed by atoms with Gasteiger partial charge in [-0.3, -0.25) is 0 Å². The summed E-state index contributed by atoms with van der Waals surface area (Å²) in [5, 5.41) is 0. The van der Waals surface area contributed by atoms with Gasteiger partial charge in [0.2, 0.25) is 0 Å². The van der Waals surface area contributed by atoms with Gasteiger partial charge in [0, 0.05) is 0 Å². The van der Waals surface area contributed by atoms with Crippen molar-refractivity contribution in [3.05, 3.63) is 0 Å². The zero-order valence-electron chi connectivity index (χ0n) is 7.03. The van der Waals surface area contributed by atoms with Crippen molar-refractivity contribution in [2.75, 3.05) is 0 Å². The van der Waals surface area contributed by atoms with Gasteiger partial charge < -0.3 is 18.9 Å². The van der Waals surface area contributed by atoms with Crippen LogP contribution >= 0.6 is 18.9 Å². The van der Waals surface area contributed by atoms with Gasteiger partial charge in [-0.1, -0.05) is 45.4 Å². The summed E-state index contributed by atoms with van der Waals surface area (Å²) < 4.78 is 1.56. The molecule has 0 spiro atoms. The molecule has 0 N–H and O–H groups in total. The molecule has 0 atom stereocenters. The molecule has 0 rings (SSSR count). The number of unbranched alkanes of at least 4 members (excludes halogenated alkanes) is 5. The maximum atomic E-state index is 2.59. The van der Waals surface area contributed by atoms with Crippen molar-refractivity contribution in [3.63, 3.8) is 0 Å². The first-order chi connectivity index (χ1) is 4.91. The average Bonchev–Trinajstić information content (AvgIpc) is 1.97. The maximum absolute atomic E-state index is 2.59. The number of rotatable bonds is 7. The summed E-state index contributed by atoms with van der Waals surface area (Å²) in [4.78, 5) is 0. The Morgan fingerprint density at radius 2 is 1.60 bits per heavy atom. The van der Waals surface area contributed by atoms with Crippen molar-refractivity contribution >= 4 is 35.3 Å². The van der Waals surface area contributed by atoms with Crippen LogP contribution in [0, 0.1) is 0 Å². The van der Waals surface area contributed by atoms with Gasteiger partial charge >= 0.3 is 16.5 Å². The molecule has 0 aromatic carbocycles. The average molecular weight is 264 g/mol. The second-order valence-corrected chi connectivity index (χ2v) is 7.13. The Labute approximate surface area is 84.6 Å². The minimum atomic E-state index is 0.345. The van der Waals surface area contributed by atoms with Gasteiger partial charge in [0.1, 0.15) is 0 Å². The summed E-state index contributed by atoms with van der Waals surface area (Å²) in [7, 11) is 0. The normalized spacial score (nSPS) is 9.40. The lowest BCUT2D eigenvalue weighted by Crippen LogP contribution is -1.80. The van der Waals surface area contributed by atoms with Crippen molar-refractivity contribution in [2.24, 2.45) is 0 Å². The first kappa shape index (κ1) is 11.5. The lowest BCUT2D eigenvalue weighted by Gasteiger charge is -1.97. The highest BCUT2D eigenvalue weighted by Crippen LogP contribution is 2.07. The molecule has 0 aromatic heterocycles. The van der Waals surface area contributed by atoms with E-state index < -0.39 is 0 Å². The van der Waals surface area contributed by atoms with Crippen LogP contribution in [0.2, 0.25) is 4.55 Å². The molecule has 58 valence electrons. The van der Waals surface area contributed by atoms with Crippen molar-refractivity contribution < 1.29 is 0 Å². The van der Waals surface area contributed by atoms with E-state index in [1.165, 1.54) is 38.5 Å². The van der Waals surface area contributed by atoms with Gasteiger partial charge in [-0.05, 0) is 0 Å². The Kier molecular flexibility index (Phi) is 12.1. The fourth-order valence-corrected chi connectivity index (χ4v) is 3.21. The third-order valence-corrected chi connectivity index (χ3v) is 4.79. The molecule has 0 unspecified atom stereocenters. The molecule has 0 fully saturated rings. The highest BCUT2D eigenvalue weighted by molar-refractivity contribution is 14.1. The number of hydrogen-bond donors (Lipinski definition) is 0. The summed E-state index contributed by atoms with van der Waals surface area (Å²) in [5.41, 5.74) is 0. The van der Waals surface area contributed by atoms with E-state index in [4.69, 9.17) is 0 Å². The van der Waals surface area contributed by atoms with E-state index in [0.717, 1.165) is 0 Å². The predicted molar refractivity (Wildman–Crippen MR) is 58.0 cm³/mol. The van der Waals surface area contributed by atoms with Crippen LogP contribution in [0.4, 0.5) is 0 Å². The van der Waals surface area contributed by atoms with Crippen LogP contribution in [0.25, 0.3) is 0 Å². The van der Waals surface area contributed by atoms with Gasteiger partial charge in [0.25, 0.3) is 0 Å². The Morgan fingerprint density at radius 3 is 2.20 bits per heavy atom. The van der Waals surface area contributed by atoms with Crippen molar-refractivity contribution in [1.29, 1.82) is 0 Å². The first-order valence-electron chi connectivity index (χ1n) is 4.47. The second kappa shape index (κ2) is 10.5. The summed E-state index contributed by atoms with van der Waals surface area (Å²) in [6.07, 6.45) is 8.79. The Balaban J connectivity index is 2.65. The largest absolute Gasteiger partial charge is 0.463 e. The van der Waals surface area contributed by atoms with Crippen molar-refractivity contribution in [3.8, 4) is 0 Å². The predicted octanol–water partition coefficient (Wildman–Crippen LogP) is 3.82. The molecule has 0 saturated carbocycles. The molecule has 0 bridgehead atoms. The third kappa shape index (κ3) is 9.50. The van der Waals surface area contributed by atoms with Crippen LogP contribution in [-0.2, 0) is 0 Å². The van der Waals surface area contributed by atoms with Crippen LogP contribution in [0.1, 0.15) is 45.4 Å². The highest BCUT2D eigenvalue weighted by atomic mass is 127. The monoisotopic (exact) mass is 264 g/mol. The van der Waals surface area contributed by atoms with Gasteiger partial charge in [-0.2, -0.15) is 0 Å². The number of halogens is 1. The third-order valence-electron chi connectivity index (χ3n) is 1.74. The minimum absolute atomic E-state index is 0.345. The van der Waals surface area contributed by atoms with Gasteiger partial charge in [0.05, 0.1) is 0 Å². The number of hydrogen-bond acceptors (Lipinski definition) is 0. The molecule has 2 heteroatoms. The van der Waals surface area contributed by atoms with Crippen LogP contribution < -0.4 is 0 Å². The van der Waals surface area contributed by atoms with Crippen molar-refractivity contribution in [2.45, 2.75) is 50.0 Å². The van der Waals surface area contributed by atoms with Gasteiger partial charge in [-0.15, -0.1) is 4.55 Å². The molecule has 0 aromatic rings. The van der Waals surface area contributed by atoms with Gasteiger partial charge in [-0.25, -0.2) is 0 Å². The molecule has 0 radical (unpaired) electrons. The van der Waals surface area contributed by atoms with E-state index in [1.54, 1.807) is 4.55 Å². The maximum Gasteiger partial charge on any atom is 0.463 e. The lowest BCUT2D eigenvalue weighted by atomic mass is 10.1.